The topological polar surface area (TPSA) is 72.5 Å². The van der Waals surface area contributed by atoms with Crippen molar-refractivity contribution in [2.75, 3.05) is 6.61 Å². The molecule has 0 spiro atoms. The van der Waals surface area contributed by atoms with Crippen LogP contribution in [0.3, 0.4) is 0 Å². The first kappa shape index (κ1) is 15.7. The zero-order valence-electron chi connectivity index (χ0n) is 12.7. The molecule has 116 valence electrons. The lowest BCUT2D eigenvalue weighted by molar-refractivity contribution is -0.145. The first-order valence-electron chi connectivity index (χ1n) is 7.67. The van der Waals surface area contributed by atoms with E-state index in [-0.39, 0.29) is 12.0 Å². The molecular formula is C16H23NO4. The predicted molar refractivity (Wildman–Crippen MR) is 77.1 cm³/mol. The molecule has 0 aromatic heterocycles. The Morgan fingerprint density at radius 1 is 1.38 bits per heavy atom. The van der Waals surface area contributed by atoms with E-state index in [0.717, 1.165) is 12.8 Å². The fourth-order valence-electron chi connectivity index (χ4n) is 3.09. The van der Waals surface area contributed by atoms with Crippen molar-refractivity contribution in [3.05, 3.63) is 11.6 Å². The zero-order valence-corrected chi connectivity index (χ0v) is 12.7. The maximum atomic E-state index is 11.8. The first-order valence-corrected chi connectivity index (χ1v) is 7.67. The molecule has 2 aliphatic rings. The second-order valence-corrected chi connectivity index (χ2v) is 6.38. The Kier molecular flexibility index (Phi) is 5.15. The van der Waals surface area contributed by atoms with Crippen LogP contribution in [0.1, 0.15) is 46.0 Å². The van der Waals surface area contributed by atoms with Crippen LogP contribution in [0.5, 0.6) is 0 Å². The van der Waals surface area contributed by atoms with Gasteiger partial charge < -0.3 is 4.74 Å². The summed E-state index contributed by atoms with van der Waals surface area (Å²) in [6.07, 6.45) is 5.69. The van der Waals surface area contributed by atoms with Crippen LogP contribution in [0.2, 0.25) is 0 Å². The van der Waals surface area contributed by atoms with Gasteiger partial charge in [-0.05, 0) is 30.6 Å². The van der Waals surface area contributed by atoms with Gasteiger partial charge >= 0.3 is 5.97 Å². The van der Waals surface area contributed by atoms with Crippen LogP contribution in [0.15, 0.2) is 11.6 Å². The highest BCUT2D eigenvalue weighted by atomic mass is 16.5. The lowest BCUT2D eigenvalue weighted by atomic mass is 9.76. The third-order valence-electron chi connectivity index (χ3n) is 4.41. The van der Waals surface area contributed by atoms with Gasteiger partial charge in [0.05, 0.1) is 13.0 Å². The van der Waals surface area contributed by atoms with Crippen LogP contribution in [-0.4, -0.2) is 24.4 Å². The predicted octanol–water partition coefficient (Wildman–Crippen LogP) is 1.96. The Labute approximate surface area is 125 Å². The monoisotopic (exact) mass is 293 g/mol. The fourth-order valence-corrected chi connectivity index (χ4v) is 3.09. The normalized spacial score (nSPS) is 25.8. The molecule has 1 N–H and O–H groups in total. The van der Waals surface area contributed by atoms with Crippen molar-refractivity contribution in [3.63, 3.8) is 0 Å². The molecule has 1 fully saturated rings. The minimum absolute atomic E-state index is 0.127. The third-order valence-corrected chi connectivity index (χ3v) is 4.41. The number of nitrogens with one attached hydrogen (secondary N) is 1. The molecule has 5 heteroatoms. The summed E-state index contributed by atoms with van der Waals surface area (Å²) in [5.41, 5.74) is 0.189. The van der Waals surface area contributed by atoms with E-state index in [4.69, 9.17) is 4.74 Å². The Balaban J connectivity index is 1.75. The number of carbonyl (C=O) groups excluding carboxylic acids is 3. The number of rotatable bonds is 5. The Morgan fingerprint density at radius 2 is 2.14 bits per heavy atom. The van der Waals surface area contributed by atoms with Gasteiger partial charge in [0.15, 0.2) is 0 Å². The van der Waals surface area contributed by atoms with Crippen LogP contribution in [-0.2, 0) is 19.1 Å². The second-order valence-electron chi connectivity index (χ2n) is 6.38. The van der Waals surface area contributed by atoms with Gasteiger partial charge in [-0.25, -0.2) is 0 Å². The molecule has 1 saturated carbocycles. The molecule has 0 bridgehead atoms. The molecule has 1 aliphatic heterocycles. The molecular weight excluding hydrogens is 270 g/mol. The van der Waals surface area contributed by atoms with Gasteiger partial charge in [-0.15, -0.1) is 0 Å². The van der Waals surface area contributed by atoms with Crippen molar-refractivity contribution in [1.82, 2.24) is 5.32 Å². The quantitative estimate of drug-likeness (QED) is 0.621. The van der Waals surface area contributed by atoms with Crippen molar-refractivity contribution >= 4 is 17.8 Å². The molecule has 0 saturated heterocycles. The second kappa shape index (κ2) is 6.87. The van der Waals surface area contributed by atoms with E-state index in [1.165, 1.54) is 18.9 Å². The molecule has 1 aliphatic carbocycles. The number of esters is 1. The lowest BCUT2D eigenvalue weighted by Gasteiger charge is -2.31. The maximum Gasteiger partial charge on any atom is 0.310 e. The standard InChI is InChI=1S/C16H23NO4/c1-10(2)12-5-3-4-11(6-12)9-21-15(19)8-13-7-14(18)17-16(13)20/h7,10-12H,3-6,8-9H2,1-2H3,(H,17,18,20)/t11-,12?/m0/s1. The van der Waals surface area contributed by atoms with Crippen LogP contribution in [0, 0.1) is 17.8 Å². The van der Waals surface area contributed by atoms with Gasteiger partial charge in [-0.3, -0.25) is 19.7 Å². The molecule has 1 heterocycles. The Bertz CT molecular complexity index is 467. The van der Waals surface area contributed by atoms with Crippen molar-refractivity contribution in [2.45, 2.75) is 46.0 Å². The summed E-state index contributed by atoms with van der Waals surface area (Å²) >= 11 is 0. The summed E-state index contributed by atoms with van der Waals surface area (Å²) < 4.78 is 5.28. The van der Waals surface area contributed by atoms with E-state index >= 15 is 0 Å². The van der Waals surface area contributed by atoms with Crippen molar-refractivity contribution < 1.29 is 19.1 Å². The number of ether oxygens (including phenoxy) is 1. The van der Waals surface area contributed by atoms with E-state index in [9.17, 15) is 14.4 Å². The maximum absolute atomic E-state index is 11.8. The van der Waals surface area contributed by atoms with E-state index in [0.29, 0.717) is 24.4 Å². The van der Waals surface area contributed by atoms with Gasteiger partial charge in [-0.2, -0.15) is 0 Å². The molecule has 5 nitrogen and oxygen atoms in total. The SMILES string of the molecule is CC(C)C1CCC[C@H](COC(=O)CC2=CC(=O)NC2=O)C1. The molecule has 0 aromatic carbocycles. The summed E-state index contributed by atoms with van der Waals surface area (Å²) in [5, 5.41) is 2.12. The van der Waals surface area contributed by atoms with Gasteiger partial charge in [-0.1, -0.05) is 26.7 Å². The summed E-state index contributed by atoms with van der Waals surface area (Å²) in [4.78, 5) is 34.1. The van der Waals surface area contributed by atoms with Gasteiger partial charge in [0.1, 0.15) is 0 Å². The van der Waals surface area contributed by atoms with Gasteiger partial charge in [0.2, 0.25) is 0 Å². The number of hydrogen-bond donors (Lipinski definition) is 1. The highest BCUT2D eigenvalue weighted by molar-refractivity contribution is 6.17. The van der Waals surface area contributed by atoms with Crippen LogP contribution in [0.4, 0.5) is 0 Å². The van der Waals surface area contributed by atoms with Crippen LogP contribution >= 0.6 is 0 Å². The zero-order chi connectivity index (χ0) is 15.4. The van der Waals surface area contributed by atoms with Crippen molar-refractivity contribution in [1.29, 1.82) is 0 Å². The third kappa shape index (κ3) is 4.41. The minimum atomic E-state index is -0.491. The first-order chi connectivity index (χ1) is 9.95. The van der Waals surface area contributed by atoms with E-state index in [1.807, 2.05) is 0 Å². The average molecular weight is 293 g/mol. The van der Waals surface area contributed by atoms with E-state index < -0.39 is 17.8 Å². The van der Waals surface area contributed by atoms with Gasteiger partial charge in [0.25, 0.3) is 11.8 Å². The number of carbonyl (C=O) groups is 3. The Hall–Kier alpha value is -1.65. The summed E-state index contributed by atoms with van der Waals surface area (Å²) in [7, 11) is 0. The van der Waals surface area contributed by atoms with E-state index in [1.54, 1.807) is 0 Å². The van der Waals surface area contributed by atoms with Crippen molar-refractivity contribution in [2.24, 2.45) is 17.8 Å². The smallest absolute Gasteiger partial charge is 0.310 e. The fraction of sp³-hybridized carbons (Fsp3) is 0.688. The van der Waals surface area contributed by atoms with Crippen molar-refractivity contribution in [3.8, 4) is 0 Å². The highest BCUT2D eigenvalue weighted by Crippen LogP contribution is 2.33. The molecule has 0 radical (unpaired) electrons. The summed E-state index contributed by atoms with van der Waals surface area (Å²) in [6.45, 7) is 4.90. The molecule has 2 rings (SSSR count). The molecule has 0 aromatic rings. The lowest BCUT2D eigenvalue weighted by Crippen LogP contribution is -2.25. The van der Waals surface area contributed by atoms with E-state index in [2.05, 4.69) is 19.2 Å². The minimum Gasteiger partial charge on any atom is -0.465 e. The molecule has 2 atom stereocenters. The highest BCUT2D eigenvalue weighted by Gasteiger charge is 2.26. The largest absolute Gasteiger partial charge is 0.465 e. The summed E-state index contributed by atoms with van der Waals surface area (Å²) in [5.74, 6) is 0.412. The molecule has 21 heavy (non-hydrogen) atoms. The molecule has 2 amide bonds. The van der Waals surface area contributed by atoms with Gasteiger partial charge in [0, 0.05) is 11.6 Å². The molecule has 1 unspecified atom stereocenters. The number of hydrogen-bond acceptors (Lipinski definition) is 4. The summed E-state index contributed by atoms with van der Waals surface area (Å²) in [6, 6.07) is 0. The number of imide groups is 1. The average Bonchev–Trinajstić information content (AvgIpc) is 2.75. The van der Waals surface area contributed by atoms with Crippen LogP contribution in [0.25, 0.3) is 0 Å². The number of amides is 2. The Morgan fingerprint density at radius 3 is 2.76 bits per heavy atom. The van der Waals surface area contributed by atoms with Crippen LogP contribution < -0.4 is 5.32 Å².